The van der Waals surface area contributed by atoms with Gasteiger partial charge in [-0.25, -0.2) is 4.79 Å². The largest absolute Gasteiger partial charge is 0.486 e. The van der Waals surface area contributed by atoms with Gasteiger partial charge in [0.2, 0.25) is 0 Å². The fraction of sp³-hybridized carbons (Fsp3) is 0.462. The molecule has 1 heterocycles. The molecule has 1 aliphatic heterocycles. The molecule has 0 N–H and O–H groups in total. The van der Waals surface area contributed by atoms with Gasteiger partial charge in [0.1, 0.15) is 11.4 Å². The van der Waals surface area contributed by atoms with E-state index < -0.39 is 0 Å². The number of hydrogen-bond donors (Lipinski definition) is 0. The zero-order valence-electron chi connectivity index (χ0n) is 10.2. The van der Waals surface area contributed by atoms with Crippen LogP contribution in [0.2, 0.25) is 0 Å². The van der Waals surface area contributed by atoms with Crippen LogP contribution in [-0.2, 0) is 11.2 Å². The van der Waals surface area contributed by atoms with E-state index >= 15 is 0 Å². The molecular weight excluding hydrogens is 331 g/mol. The third kappa shape index (κ3) is 2.41. The van der Waals surface area contributed by atoms with Crippen molar-refractivity contribution in [3.63, 3.8) is 0 Å². The van der Waals surface area contributed by atoms with Gasteiger partial charge in [0.05, 0.1) is 15.7 Å². The smallest absolute Gasteiger partial charge is 0.338 e. The highest BCUT2D eigenvalue weighted by Crippen LogP contribution is 2.40. The lowest BCUT2D eigenvalue weighted by atomic mass is 9.97. The Balaban J connectivity index is 2.45. The monoisotopic (exact) mass is 346 g/mol. The number of hydrogen-bond acceptors (Lipinski definition) is 3. The molecule has 0 spiro atoms. The van der Waals surface area contributed by atoms with Gasteiger partial charge in [-0.05, 0) is 55.5 Å². The number of ether oxygens (including phenoxy) is 2. The topological polar surface area (TPSA) is 35.5 Å². The second-order valence-electron chi connectivity index (χ2n) is 4.66. The second-order valence-corrected chi connectivity index (χ2v) is 5.82. The molecule has 1 aromatic carbocycles. The Kier molecular flexibility index (Phi) is 3.34. The minimum absolute atomic E-state index is 0.245. The van der Waals surface area contributed by atoms with E-state index in [2.05, 4.69) is 22.6 Å². The highest BCUT2D eigenvalue weighted by molar-refractivity contribution is 14.1. The molecule has 2 rings (SSSR count). The first-order chi connectivity index (χ1) is 7.94. The predicted octanol–water partition coefficient (Wildman–Crippen LogP) is 3.18. The molecule has 0 saturated heterocycles. The maximum atomic E-state index is 11.8. The number of esters is 1. The summed E-state index contributed by atoms with van der Waals surface area (Å²) in [5, 5.41) is 0. The van der Waals surface area contributed by atoms with E-state index in [9.17, 15) is 4.79 Å². The zero-order chi connectivity index (χ0) is 12.6. The molecule has 17 heavy (non-hydrogen) atoms. The third-order valence-electron chi connectivity index (χ3n) is 2.69. The number of carbonyl (C=O) groups is 1. The van der Waals surface area contributed by atoms with Crippen LogP contribution in [0.4, 0.5) is 0 Å². The first-order valence-corrected chi connectivity index (χ1v) is 6.70. The van der Waals surface area contributed by atoms with Crippen LogP contribution in [-0.4, -0.2) is 18.2 Å². The molecule has 0 fully saturated rings. The Hall–Kier alpha value is -0.780. The summed E-state index contributed by atoms with van der Waals surface area (Å²) in [4.78, 5) is 11.8. The van der Waals surface area contributed by atoms with Crippen molar-refractivity contribution in [2.75, 3.05) is 6.61 Å². The molecule has 1 aromatic rings. The Bertz CT molecular complexity index is 466. The van der Waals surface area contributed by atoms with Gasteiger partial charge in [0.25, 0.3) is 0 Å². The number of carbonyl (C=O) groups excluding carboxylic acids is 1. The van der Waals surface area contributed by atoms with E-state index in [1.54, 1.807) is 0 Å². The van der Waals surface area contributed by atoms with Gasteiger partial charge < -0.3 is 9.47 Å². The van der Waals surface area contributed by atoms with Crippen LogP contribution < -0.4 is 4.74 Å². The first kappa shape index (κ1) is 12.7. The third-order valence-corrected chi connectivity index (χ3v) is 3.54. The van der Waals surface area contributed by atoms with Gasteiger partial charge in [0.15, 0.2) is 0 Å². The van der Waals surface area contributed by atoms with Gasteiger partial charge in [-0.15, -0.1) is 0 Å². The van der Waals surface area contributed by atoms with Crippen molar-refractivity contribution in [1.82, 2.24) is 0 Å². The van der Waals surface area contributed by atoms with Gasteiger partial charge in [0, 0.05) is 12.0 Å². The molecule has 0 unspecified atom stereocenters. The van der Waals surface area contributed by atoms with E-state index in [1.807, 2.05) is 32.9 Å². The van der Waals surface area contributed by atoms with Crippen LogP contribution in [0.1, 0.15) is 36.7 Å². The Labute approximate surface area is 115 Å². The van der Waals surface area contributed by atoms with Crippen LogP contribution in [0.25, 0.3) is 0 Å². The SMILES string of the molecule is CCOC(=O)c1ccc(I)c2c1CC(C)(C)O2. The highest BCUT2D eigenvalue weighted by Gasteiger charge is 2.35. The fourth-order valence-electron chi connectivity index (χ4n) is 2.02. The maximum absolute atomic E-state index is 11.8. The molecule has 0 aromatic heterocycles. The van der Waals surface area contributed by atoms with Crippen molar-refractivity contribution in [1.29, 1.82) is 0 Å². The van der Waals surface area contributed by atoms with Crippen LogP contribution in [0, 0.1) is 3.57 Å². The van der Waals surface area contributed by atoms with Crippen molar-refractivity contribution in [3.05, 3.63) is 26.8 Å². The lowest BCUT2D eigenvalue weighted by Crippen LogP contribution is -2.25. The molecule has 0 aliphatic carbocycles. The van der Waals surface area contributed by atoms with E-state index in [-0.39, 0.29) is 11.6 Å². The van der Waals surface area contributed by atoms with Crippen LogP contribution in [0.15, 0.2) is 12.1 Å². The minimum Gasteiger partial charge on any atom is -0.486 e. The highest BCUT2D eigenvalue weighted by atomic mass is 127. The summed E-state index contributed by atoms with van der Waals surface area (Å²) < 4.78 is 12.0. The number of rotatable bonds is 2. The Morgan fingerprint density at radius 3 is 2.88 bits per heavy atom. The number of fused-ring (bicyclic) bond motifs is 1. The average molecular weight is 346 g/mol. The summed E-state index contributed by atoms with van der Waals surface area (Å²) in [5.41, 5.74) is 1.36. The van der Waals surface area contributed by atoms with E-state index in [0.717, 1.165) is 21.3 Å². The van der Waals surface area contributed by atoms with E-state index in [4.69, 9.17) is 9.47 Å². The van der Waals surface area contributed by atoms with Crippen molar-refractivity contribution in [2.24, 2.45) is 0 Å². The summed E-state index contributed by atoms with van der Waals surface area (Å²) in [7, 11) is 0. The molecule has 4 heteroatoms. The predicted molar refractivity (Wildman–Crippen MR) is 73.5 cm³/mol. The van der Waals surface area contributed by atoms with Crippen molar-refractivity contribution < 1.29 is 14.3 Å². The molecule has 0 saturated carbocycles. The molecule has 0 atom stereocenters. The summed E-state index contributed by atoms with van der Waals surface area (Å²) in [6.45, 7) is 6.26. The lowest BCUT2D eigenvalue weighted by molar-refractivity contribution is 0.0525. The lowest BCUT2D eigenvalue weighted by Gasteiger charge is -2.17. The number of halogens is 1. The first-order valence-electron chi connectivity index (χ1n) is 5.62. The average Bonchev–Trinajstić information content (AvgIpc) is 2.55. The molecule has 0 amide bonds. The summed E-state index contributed by atoms with van der Waals surface area (Å²) in [6, 6.07) is 3.72. The Morgan fingerprint density at radius 2 is 2.24 bits per heavy atom. The number of benzene rings is 1. The van der Waals surface area contributed by atoms with E-state index in [1.165, 1.54) is 0 Å². The quantitative estimate of drug-likeness (QED) is 0.610. The van der Waals surface area contributed by atoms with Gasteiger partial charge in [-0.3, -0.25) is 0 Å². The van der Waals surface area contributed by atoms with Crippen molar-refractivity contribution >= 4 is 28.6 Å². The Morgan fingerprint density at radius 1 is 1.53 bits per heavy atom. The molecule has 3 nitrogen and oxygen atoms in total. The zero-order valence-corrected chi connectivity index (χ0v) is 12.3. The standard InChI is InChI=1S/C13H15IO3/c1-4-16-12(15)8-5-6-10(14)11-9(8)7-13(2,3)17-11/h5-6H,4,7H2,1-3H3. The fourth-order valence-corrected chi connectivity index (χ4v) is 2.64. The van der Waals surface area contributed by atoms with Crippen LogP contribution >= 0.6 is 22.6 Å². The maximum Gasteiger partial charge on any atom is 0.338 e. The van der Waals surface area contributed by atoms with Crippen molar-refractivity contribution in [2.45, 2.75) is 32.8 Å². The van der Waals surface area contributed by atoms with Gasteiger partial charge in [-0.1, -0.05) is 0 Å². The molecular formula is C13H15IO3. The molecule has 0 radical (unpaired) electrons. The summed E-state index contributed by atoms with van der Waals surface area (Å²) >= 11 is 2.23. The van der Waals surface area contributed by atoms with Gasteiger partial charge in [-0.2, -0.15) is 0 Å². The summed E-state index contributed by atoms with van der Waals surface area (Å²) in [5.74, 6) is 0.572. The normalized spacial score (nSPS) is 16.2. The van der Waals surface area contributed by atoms with E-state index in [0.29, 0.717) is 12.2 Å². The molecule has 92 valence electrons. The minimum atomic E-state index is -0.263. The molecule has 0 bridgehead atoms. The second kappa shape index (κ2) is 4.48. The van der Waals surface area contributed by atoms with Crippen LogP contribution in [0.3, 0.4) is 0 Å². The summed E-state index contributed by atoms with van der Waals surface area (Å²) in [6.07, 6.45) is 0.743. The van der Waals surface area contributed by atoms with Crippen LogP contribution in [0.5, 0.6) is 5.75 Å². The van der Waals surface area contributed by atoms with Crippen molar-refractivity contribution in [3.8, 4) is 5.75 Å². The van der Waals surface area contributed by atoms with Gasteiger partial charge >= 0.3 is 5.97 Å². The molecule has 1 aliphatic rings.